The molecule has 3 nitrogen and oxygen atoms in total. The highest BCUT2D eigenvalue weighted by atomic mass is 127. The molecule has 0 aliphatic carbocycles. The zero-order valence-corrected chi connectivity index (χ0v) is 15.7. The summed E-state index contributed by atoms with van der Waals surface area (Å²) in [6, 6.07) is 5.39. The summed E-state index contributed by atoms with van der Waals surface area (Å²) >= 11 is 15.1. The Kier molecular flexibility index (Phi) is 3.98. The SMILES string of the molecule is Cc1sc2[nH]c(=S)n(-c3ccc(Cl)cc3I)c(=O)c2c1C. The second-order valence-electron chi connectivity index (χ2n) is 4.65. The zero-order valence-electron chi connectivity index (χ0n) is 11.2. The molecule has 0 atom stereocenters. The van der Waals surface area contributed by atoms with Gasteiger partial charge in [0.05, 0.1) is 11.1 Å². The van der Waals surface area contributed by atoms with E-state index < -0.39 is 0 Å². The number of fused-ring (bicyclic) bond motifs is 1. The lowest BCUT2D eigenvalue weighted by atomic mass is 10.2. The van der Waals surface area contributed by atoms with Gasteiger partial charge in [-0.1, -0.05) is 11.6 Å². The average Bonchev–Trinajstić information content (AvgIpc) is 2.67. The number of aromatic nitrogens is 2. The zero-order chi connectivity index (χ0) is 15.3. The Balaban J connectivity index is 2.46. The van der Waals surface area contributed by atoms with E-state index in [9.17, 15) is 4.79 Å². The van der Waals surface area contributed by atoms with E-state index in [1.54, 1.807) is 17.4 Å². The van der Waals surface area contributed by atoms with Crippen molar-refractivity contribution in [2.75, 3.05) is 0 Å². The van der Waals surface area contributed by atoms with Gasteiger partial charge in [0.1, 0.15) is 4.83 Å². The first kappa shape index (κ1) is 15.2. The fourth-order valence-electron chi connectivity index (χ4n) is 2.21. The number of halogens is 2. The summed E-state index contributed by atoms with van der Waals surface area (Å²) in [6.07, 6.45) is 0. The molecule has 1 aromatic carbocycles. The van der Waals surface area contributed by atoms with Gasteiger partial charge in [-0.2, -0.15) is 0 Å². The van der Waals surface area contributed by atoms with E-state index in [0.717, 1.165) is 24.5 Å². The van der Waals surface area contributed by atoms with Crippen molar-refractivity contribution in [3.63, 3.8) is 0 Å². The van der Waals surface area contributed by atoms with Crippen molar-refractivity contribution in [1.29, 1.82) is 0 Å². The van der Waals surface area contributed by atoms with Crippen molar-refractivity contribution >= 4 is 68.0 Å². The largest absolute Gasteiger partial charge is 0.323 e. The predicted molar refractivity (Wildman–Crippen MR) is 99.8 cm³/mol. The van der Waals surface area contributed by atoms with Gasteiger partial charge >= 0.3 is 0 Å². The smallest absolute Gasteiger partial charge is 0.267 e. The van der Waals surface area contributed by atoms with E-state index in [0.29, 0.717) is 15.2 Å². The summed E-state index contributed by atoms with van der Waals surface area (Å²) in [6.45, 7) is 3.97. The van der Waals surface area contributed by atoms with Crippen LogP contribution in [0.1, 0.15) is 10.4 Å². The molecule has 0 radical (unpaired) electrons. The first-order valence-corrected chi connectivity index (χ1v) is 8.78. The molecule has 0 spiro atoms. The van der Waals surface area contributed by atoms with E-state index in [-0.39, 0.29) is 5.56 Å². The van der Waals surface area contributed by atoms with Crippen LogP contribution in [-0.2, 0) is 0 Å². The lowest BCUT2D eigenvalue weighted by Gasteiger charge is -2.09. The molecular formula is C14H10ClIN2OS2. The number of hydrogen-bond acceptors (Lipinski definition) is 3. The van der Waals surface area contributed by atoms with Crippen LogP contribution in [0, 0.1) is 22.2 Å². The molecule has 0 saturated carbocycles. The molecule has 0 aliphatic rings. The van der Waals surface area contributed by atoms with Gasteiger partial charge in [0.15, 0.2) is 4.77 Å². The number of aromatic amines is 1. The summed E-state index contributed by atoms with van der Waals surface area (Å²) in [5.41, 5.74) is 1.66. The summed E-state index contributed by atoms with van der Waals surface area (Å²) < 4.78 is 2.81. The van der Waals surface area contributed by atoms with Gasteiger partial charge in [-0.15, -0.1) is 11.3 Å². The van der Waals surface area contributed by atoms with Crippen molar-refractivity contribution in [1.82, 2.24) is 9.55 Å². The quantitative estimate of drug-likeness (QED) is 0.421. The number of benzene rings is 1. The summed E-state index contributed by atoms with van der Waals surface area (Å²) in [5, 5.41) is 1.34. The first-order chi connectivity index (χ1) is 9.90. The Morgan fingerprint density at radius 3 is 2.76 bits per heavy atom. The molecule has 0 bridgehead atoms. The molecule has 2 aromatic heterocycles. The van der Waals surface area contributed by atoms with E-state index in [2.05, 4.69) is 27.6 Å². The maximum atomic E-state index is 12.9. The molecule has 7 heteroatoms. The summed E-state index contributed by atoms with van der Waals surface area (Å²) in [7, 11) is 0. The maximum absolute atomic E-state index is 12.9. The highest BCUT2D eigenvalue weighted by Crippen LogP contribution is 2.27. The van der Waals surface area contributed by atoms with Crippen molar-refractivity contribution in [3.05, 3.63) is 52.4 Å². The Bertz CT molecular complexity index is 987. The average molecular weight is 449 g/mol. The van der Waals surface area contributed by atoms with Crippen LogP contribution in [0.3, 0.4) is 0 Å². The fourth-order valence-corrected chi connectivity index (χ4v) is 4.72. The van der Waals surface area contributed by atoms with Crippen molar-refractivity contribution in [3.8, 4) is 5.69 Å². The van der Waals surface area contributed by atoms with Crippen LogP contribution in [0.2, 0.25) is 5.02 Å². The molecular weight excluding hydrogens is 439 g/mol. The number of H-pyrrole nitrogens is 1. The molecule has 3 aromatic rings. The topological polar surface area (TPSA) is 37.8 Å². The van der Waals surface area contributed by atoms with Crippen LogP contribution in [-0.4, -0.2) is 9.55 Å². The van der Waals surface area contributed by atoms with Crippen LogP contribution >= 0.6 is 57.7 Å². The third kappa shape index (κ3) is 2.48. The van der Waals surface area contributed by atoms with Gasteiger partial charge in [-0.25, -0.2) is 0 Å². The second-order valence-corrected chi connectivity index (χ2v) is 7.86. The van der Waals surface area contributed by atoms with Gasteiger partial charge < -0.3 is 4.98 Å². The van der Waals surface area contributed by atoms with E-state index >= 15 is 0 Å². The van der Waals surface area contributed by atoms with Gasteiger partial charge in [-0.3, -0.25) is 9.36 Å². The molecule has 21 heavy (non-hydrogen) atoms. The van der Waals surface area contributed by atoms with E-state index in [1.807, 2.05) is 26.0 Å². The summed E-state index contributed by atoms with van der Waals surface area (Å²) in [4.78, 5) is 18.0. The number of nitrogens with one attached hydrogen (secondary N) is 1. The van der Waals surface area contributed by atoms with Crippen LogP contribution in [0.4, 0.5) is 0 Å². The molecule has 108 valence electrons. The minimum absolute atomic E-state index is 0.0872. The van der Waals surface area contributed by atoms with Crippen molar-refractivity contribution in [2.24, 2.45) is 0 Å². The minimum atomic E-state index is -0.0872. The lowest BCUT2D eigenvalue weighted by molar-refractivity contribution is 0.936. The molecule has 0 saturated heterocycles. The monoisotopic (exact) mass is 448 g/mol. The Morgan fingerprint density at radius 2 is 2.10 bits per heavy atom. The highest BCUT2D eigenvalue weighted by molar-refractivity contribution is 14.1. The number of nitrogens with zero attached hydrogens (tertiary/aromatic N) is 1. The van der Waals surface area contributed by atoms with Gasteiger partial charge in [-0.05, 0) is 72.4 Å². The summed E-state index contributed by atoms with van der Waals surface area (Å²) in [5.74, 6) is 0. The predicted octanol–water partition coefficient (Wildman–Crippen LogP) is 4.98. The lowest BCUT2D eigenvalue weighted by Crippen LogP contribution is -2.21. The normalized spacial score (nSPS) is 11.2. The molecule has 0 aliphatic heterocycles. The Morgan fingerprint density at radius 1 is 1.38 bits per heavy atom. The van der Waals surface area contributed by atoms with Crippen molar-refractivity contribution in [2.45, 2.75) is 13.8 Å². The number of hydrogen-bond donors (Lipinski definition) is 1. The molecule has 0 unspecified atom stereocenters. The fraction of sp³-hybridized carbons (Fsp3) is 0.143. The van der Waals surface area contributed by atoms with Crippen LogP contribution in [0.5, 0.6) is 0 Å². The Labute approximate surface area is 148 Å². The minimum Gasteiger partial charge on any atom is -0.323 e. The van der Waals surface area contributed by atoms with Crippen LogP contribution < -0.4 is 5.56 Å². The maximum Gasteiger partial charge on any atom is 0.267 e. The molecule has 1 N–H and O–H groups in total. The molecule has 3 rings (SSSR count). The third-order valence-electron chi connectivity index (χ3n) is 3.38. The van der Waals surface area contributed by atoms with Gasteiger partial charge in [0.2, 0.25) is 0 Å². The third-order valence-corrected chi connectivity index (χ3v) is 5.88. The standard InChI is InChI=1S/C14H10ClIN2OS2/c1-6-7(2)21-12-11(6)13(19)18(14(20)17-12)10-4-3-8(15)5-9(10)16/h3-5H,1-2H3,(H,17,20). The van der Waals surface area contributed by atoms with E-state index in [4.69, 9.17) is 23.8 Å². The highest BCUT2D eigenvalue weighted by Gasteiger charge is 2.15. The van der Waals surface area contributed by atoms with Crippen LogP contribution in [0.15, 0.2) is 23.0 Å². The molecule has 2 heterocycles. The number of thiophene rings is 1. The first-order valence-electron chi connectivity index (χ1n) is 6.10. The van der Waals surface area contributed by atoms with Gasteiger partial charge in [0.25, 0.3) is 5.56 Å². The number of rotatable bonds is 1. The van der Waals surface area contributed by atoms with Crippen molar-refractivity contribution < 1.29 is 0 Å². The molecule has 0 fully saturated rings. The van der Waals surface area contributed by atoms with Gasteiger partial charge in [0, 0.05) is 13.5 Å². The Hall–Kier alpha value is -0.700. The molecule has 0 amide bonds. The van der Waals surface area contributed by atoms with E-state index in [1.165, 1.54) is 4.57 Å². The number of aryl methyl sites for hydroxylation is 2. The van der Waals surface area contributed by atoms with Crippen LogP contribution in [0.25, 0.3) is 15.9 Å². The second kappa shape index (κ2) is 5.49.